The first kappa shape index (κ1) is 10.5. The number of hydrogen-bond donors (Lipinski definition) is 0. The summed E-state index contributed by atoms with van der Waals surface area (Å²) in [5.41, 5.74) is 0.614. The first-order chi connectivity index (χ1) is 8.27. The Morgan fingerprint density at radius 3 is 2.41 bits per heavy atom. The van der Waals surface area contributed by atoms with E-state index < -0.39 is 0 Å². The summed E-state index contributed by atoms with van der Waals surface area (Å²) < 4.78 is 13.7. The average molecular weight is 228 g/mol. The van der Waals surface area contributed by atoms with Crippen LogP contribution in [0.3, 0.4) is 0 Å². The molecule has 0 unspecified atom stereocenters. The van der Waals surface area contributed by atoms with Crippen LogP contribution < -0.4 is 0 Å². The zero-order chi connectivity index (χ0) is 11.9. The van der Waals surface area contributed by atoms with Crippen LogP contribution >= 0.6 is 0 Å². The lowest BCUT2D eigenvalue weighted by atomic mass is 9.64. The van der Waals surface area contributed by atoms with Crippen LogP contribution in [0.5, 0.6) is 0 Å². The molecule has 0 N–H and O–H groups in total. The molecule has 3 rings (SSSR count). The van der Waals surface area contributed by atoms with Crippen LogP contribution in [0.15, 0.2) is 36.4 Å². The number of halogens is 1. The van der Waals surface area contributed by atoms with Crippen molar-refractivity contribution >= 4 is 17.1 Å². The molecule has 0 saturated heterocycles. The van der Waals surface area contributed by atoms with Gasteiger partial charge in [0.25, 0.3) is 0 Å². The van der Waals surface area contributed by atoms with Crippen molar-refractivity contribution in [1.29, 1.82) is 0 Å². The molecule has 0 spiro atoms. The van der Waals surface area contributed by atoms with Gasteiger partial charge in [-0.3, -0.25) is 0 Å². The SMILES string of the molecule is O=CC1(c2cccc3c(F)cccc23)CCC1. The highest BCUT2D eigenvalue weighted by atomic mass is 19.1. The molecule has 0 heterocycles. The maximum Gasteiger partial charge on any atom is 0.131 e. The summed E-state index contributed by atoms with van der Waals surface area (Å²) in [7, 11) is 0. The lowest BCUT2D eigenvalue weighted by molar-refractivity contribution is -0.115. The molecule has 2 heteroatoms. The minimum atomic E-state index is -0.368. The highest BCUT2D eigenvalue weighted by Crippen LogP contribution is 2.44. The normalized spacial score (nSPS) is 17.7. The molecule has 86 valence electrons. The van der Waals surface area contributed by atoms with Crippen molar-refractivity contribution in [2.75, 3.05) is 0 Å². The molecule has 1 saturated carbocycles. The topological polar surface area (TPSA) is 17.1 Å². The smallest absolute Gasteiger partial charge is 0.131 e. The van der Waals surface area contributed by atoms with Crippen LogP contribution in [0.4, 0.5) is 4.39 Å². The molecule has 1 aliphatic rings. The molecule has 0 aliphatic heterocycles. The molecule has 2 aromatic rings. The van der Waals surface area contributed by atoms with Gasteiger partial charge in [-0.1, -0.05) is 36.8 Å². The van der Waals surface area contributed by atoms with Crippen LogP contribution in [0, 0.1) is 5.82 Å². The van der Waals surface area contributed by atoms with Crippen molar-refractivity contribution in [3.63, 3.8) is 0 Å². The maximum atomic E-state index is 13.7. The first-order valence-corrected chi connectivity index (χ1v) is 5.91. The van der Waals surface area contributed by atoms with Crippen molar-refractivity contribution in [3.8, 4) is 0 Å². The summed E-state index contributed by atoms with van der Waals surface area (Å²) in [5.74, 6) is -0.218. The fraction of sp³-hybridized carbons (Fsp3) is 0.267. The van der Waals surface area contributed by atoms with Gasteiger partial charge in [-0.05, 0) is 29.9 Å². The zero-order valence-electron chi connectivity index (χ0n) is 9.45. The number of hydrogen-bond acceptors (Lipinski definition) is 1. The molecule has 0 radical (unpaired) electrons. The van der Waals surface area contributed by atoms with Gasteiger partial charge in [0.2, 0.25) is 0 Å². The van der Waals surface area contributed by atoms with Gasteiger partial charge in [0.1, 0.15) is 12.1 Å². The molecular weight excluding hydrogens is 215 g/mol. The fourth-order valence-corrected chi connectivity index (χ4v) is 2.71. The van der Waals surface area contributed by atoms with Crippen LogP contribution in [0.2, 0.25) is 0 Å². The van der Waals surface area contributed by atoms with E-state index in [1.54, 1.807) is 12.1 Å². The molecule has 1 fully saturated rings. The second-order valence-corrected chi connectivity index (χ2v) is 4.77. The Morgan fingerprint density at radius 1 is 1.06 bits per heavy atom. The summed E-state index contributed by atoms with van der Waals surface area (Å²) >= 11 is 0. The Morgan fingerprint density at radius 2 is 1.76 bits per heavy atom. The van der Waals surface area contributed by atoms with Crippen molar-refractivity contribution in [3.05, 3.63) is 47.8 Å². The largest absolute Gasteiger partial charge is 0.302 e. The molecule has 0 atom stereocenters. The summed E-state index contributed by atoms with van der Waals surface area (Å²) in [5, 5.41) is 1.48. The number of rotatable bonds is 2. The molecule has 0 aromatic heterocycles. The van der Waals surface area contributed by atoms with E-state index in [1.807, 2.05) is 18.2 Å². The summed E-state index contributed by atoms with van der Waals surface area (Å²) in [6.45, 7) is 0. The van der Waals surface area contributed by atoms with E-state index in [2.05, 4.69) is 0 Å². The van der Waals surface area contributed by atoms with Gasteiger partial charge in [0.15, 0.2) is 0 Å². The average Bonchev–Trinajstić information content (AvgIpc) is 2.30. The van der Waals surface area contributed by atoms with Crippen LogP contribution in [-0.2, 0) is 10.2 Å². The molecule has 1 nitrogen and oxygen atoms in total. The van der Waals surface area contributed by atoms with E-state index in [1.165, 1.54) is 6.07 Å². The van der Waals surface area contributed by atoms with Crippen molar-refractivity contribution < 1.29 is 9.18 Å². The Kier molecular flexibility index (Phi) is 2.25. The number of fused-ring (bicyclic) bond motifs is 1. The van der Waals surface area contributed by atoms with E-state index in [0.29, 0.717) is 5.39 Å². The predicted molar refractivity (Wildman–Crippen MR) is 65.5 cm³/mol. The molecule has 17 heavy (non-hydrogen) atoms. The van der Waals surface area contributed by atoms with Gasteiger partial charge < -0.3 is 4.79 Å². The number of carbonyl (C=O) groups is 1. The van der Waals surface area contributed by atoms with Crippen LogP contribution in [-0.4, -0.2) is 6.29 Å². The van der Waals surface area contributed by atoms with Gasteiger partial charge in [-0.15, -0.1) is 0 Å². The zero-order valence-corrected chi connectivity index (χ0v) is 9.45. The summed E-state index contributed by atoms with van der Waals surface area (Å²) in [4.78, 5) is 11.3. The van der Waals surface area contributed by atoms with Crippen molar-refractivity contribution in [2.45, 2.75) is 24.7 Å². The summed E-state index contributed by atoms with van der Waals surface area (Å²) in [6, 6.07) is 10.6. The van der Waals surface area contributed by atoms with Gasteiger partial charge in [0.05, 0.1) is 5.41 Å². The number of carbonyl (C=O) groups excluding carboxylic acids is 1. The van der Waals surface area contributed by atoms with Crippen molar-refractivity contribution in [2.24, 2.45) is 0 Å². The Balaban J connectivity index is 2.30. The van der Waals surface area contributed by atoms with E-state index in [-0.39, 0.29) is 11.2 Å². The number of aldehydes is 1. The highest BCUT2D eigenvalue weighted by molar-refractivity contribution is 5.90. The lowest BCUT2D eigenvalue weighted by Crippen LogP contribution is -2.35. The standard InChI is InChI=1S/C15H13FO/c16-14-7-2-4-11-12(14)5-1-6-13(11)15(10-17)8-3-9-15/h1-2,4-7,10H,3,8-9H2. The molecule has 0 bridgehead atoms. The third-order valence-electron chi connectivity index (χ3n) is 3.88. The number of benzene rings is 2. The summed E-state index contributed by atoms with van der Waals surface area (Å²) in [6.07, 6.45) is 3.87. The first-order valence-electron chi connectivity index (χ1n) is 5.91. The predicted octanol–water partition coefficient (Wildman–Crippen LogP) is 3.60. The van der Waals surface area contributed by atoms with E-state index in [0.717, 1.165) is 36.5 Å². The Labute approximate surface area is 99.3 Å². The highest BCUT2D eigenvalue weighted by Gasteiger charge is 2.39. The van der Waals surface area contributed by atoms with E-state index in [9.17, 15) is 9.18 Å². The second-order valence-electron chi connectivity index (χ2n) is 4.77. The fourth-order valence-electron chi connectivity index (χ4n) is 2.71. The molecule has 1 aliphatic carbocycles. The third kappa shape index (κ3) is 1.40. The Bertz CT molecular complexity index is 584. The Hall–Kier alpha value is -1.70. The third-order valence-corrected chi connectivity index (χ3v) is 3.88. The monoisotopic (exact) mass is 228 g/mol. The maximum absolute atomic E-state index is 13.7. The minimum Gasteiger partial charge on any atom is -0.302 e. The van der Waals surface area contributed by atoms with Gasteiger partial charge in [-0.25, -0.2) is 4.39 Å². The van der Waals surface area contributed by atoms with Gasteiger partial charge in [0, 0.05) is 5.39 Å². The molecule has 2 aromatic carbocycles. The van der Waals surface area contributed by atoms with Gasteiger partial charge >= 0.3 is 0 Å². The van der Waals surface area contributed by atoms with Crippen molar-refractivity contribution in [1.82, 2.24) is 0 Å². The van der Waals surface area contributed by atoms with Crippen LogP contribution in [0.1, 0.15) is 24.8 Å². The molecule has 0 amide bonds. The van der Waals surface area contributed by atoms with Gasteiger partial charge in [-0.2, -0.15) is 0 Å². The molecular formula is C15H13FO. The lowest BCUT2D eigenvalue weighted by Gasteiger charge is -2.38. The van der Waals surface area contributed by atoms with E-state index >= 15 is 0 Å². The van der Waals surface area contributed by atoms with E-state index in [4.69, 9.17) is 0 Å². The second kappa shape index (κ2) is 3.66. The quantitative estimate of drug-likeness (QED) is 0.718. The van der Waals surface area contributed by atoms with Crippen LogP contribution in [0.25, 0.3) is 10.8 Å². The minimum absolute atomic E-state index is 0.218.